The minimum Gasteiger partial charge on any atom is -0.497 e. The van der Waals surface area contributed by atoms with E-state index in [2.05, 4.69) is 15.5 Å². The van der Waals surface area contributed by atoms with Crippen molar-refractivity contribution in [3.63, 3.8) is 0 Å². The minimum absolute atomic E-state index is 0.0290. The molecular weight excluding hydrogens is 434 g/mol. The number of nitrogens with one attached hydrogen (secondary N) is 1. The molecule has 1 atom stereocenters. The molecule has 3 N–H and O–H groups in total. The van der Waals surface area contributed by atoms with E-state index in [1.807, 2.05) is 0 Å². The second kappa shape index (κ2) is 9.15. The third-order valence-corrected chi connectivity index (χ3v) is 4.87. The Hall–Kier alpha value is -3.10. The molecule has 30 heavy (non-hydrogen) atoms. The van der Waals surface area contributed by atoms with Gasteiger partial charge in [0.2, 0.25) is 0 Å². The van der Waals surface area contributed by atoms with Gasteiger partial charge in [-0.15, -0.1) is 10.2 Å². The first-order valence-electron chi connectivity index (χ1n) is 8.68. The van der Waals surface area contributed by atoms with Crippen LogP contribution in [0.1, 0.15) is 29.1 Å². The normalized spacial score (nSPS) is 11.6. The molecule has 0 saturated carbocycles. The molecule has 0 saturated heterocycles. The average Bonchev–Trinajstić information content (AvgIpc) is 2.73. The number of carbonyl (C=O) groups excluding carboxylic acids is 1. The van der Waals surface area contributed by atoms with Gasteiger partial charge in [0.15, 0.2) is 17.3 Å². The van der Waals surface area contributed by atoms with Crippen LogP contribution in [0.5, 0.6) is 11.5 Å². The van der Waals surface area contributed by atoms with E-state index in [4.69, 9.17) is 38.4 Å². The Labute approximate surface area is 181 Å². The molecule has 0 fully saturated rings. The van der Waals surface area contributed by atoms with E-state index in [9.17, 15) is 9.18 Å². The van der Waals surface area contributed by atoms with Crippen LogP contribution < -0.4 is 20.5 Å². The monoisotopic (exact) mass is 450 g/mol. The Morgan fingerprint density at radius 2 is 1.87 bits per heavy atom. The lowest BCUT2D eigenvalue weighted by Gasteiger charge is -2.19. The van der Waals surface area contributed by atoms with E-state index < -0.39 is 17.8 Å². The highest BCUT2D eigenvalue weighted by Crippen LogP contribution is 2.35. The third kappa shape index (κ3) is 4.72. The topological polar surface area (TPSA) is 99.4 Å². The van der Waals surface area contributed by atoms with Crippen molar-refractivity contribution in [1.29, 1.82) is 0 Å². The molecule has 7 nitrogen and oxygen atoms in total. The average molecular weight is 451 g/mol. The smallest absolute Gasteiger partial charge is 0.276 e. The van der Waals surface area contributed by atoms with Gasteiger partial charge in [-0.3, -0.25) is 4.79 Å². The molecule has 1 unspecified atom stereocenters. The molecule has 2 aromatic carbocycles. The molecule has 0 aliphatic heterocycles. The number of nitrogen functional groups attached to an aromatic ring is 1. The number of rotatable bonds is 6. The highest BCUT2D eigenvalue weighted by Gasteiger charge is 2.21. The lowest BCUT2D eigenvalue weighted by atomic mass is 10.1. The maximum absolute atomic E-state index is 13.8. The number of halogens is 3. The van der Waals surface area contributed by atoms with E-state index in [0.29, 0.717) is 11.4 Å². The van der Waals surface area contributed by atoms with Gasteiger partial charge < -0.3 is 20.5 Å². The predicted molar refractivity (Wildman–Crippen MR) is 113 cm³/mol. The van der Waals surface area contributed by atoms with Crippen LogP contribution in [-0.2, 0) is 0 Å². The van der Waals surface area contributed by atoms with Crippen molar-refractivity contribution in [2.45, 2.75) is 13.0 Å². The second-order valence-electron chi connectivity index (χ2n) is 6.18. The lowest BCUT2D eigenvalue weighted by molar-refractivity contribution is 0.102. The van der Waals surface area contributed by atoms with E-state index in [-0.39, 0.29) is 32.9 Å². The molecule has 0 spiro atoms. The largest absolute Gasteiger partial charge is 0.497 e. The number of ether oxygens (including phenoxy) is 2. The number of methoxy groups -OCH3 is 1. The molecule has 0 bridgehead atoms. The molecule has 3 aromatic rings. The first kappa shape index (κ1) is 21.6. The van der Waals surface area contributed by atoms with Crippen molar-refractivity contribution >= 4 is 40.6 Å². The highest BCUT2D eigenvalue weighted by molar-refractivity contribution is 6.36. The van der Waals surface area contributed by atoms with Gasteiger partial charge in [0, 0.05) is 22.3 Å². The summed E-state index contributed by atoms with van der Waals surface area (Å²) in [5.41, 5.74) is 6.58. The fraction of sp³-hybridized carbons (Fsp3) is 0.150. The fourth-order valence-corrected chi connectivity index (χ4v) is 3.30. The number of benzene rings is 2. The van der Waals surface area contributed by atoms with Gasteiger partial charge in [-0.2, -0.15) is 0 Å². The molecule has 0 aliphatic rings. The van der Waals surface area contributed by atoms with Crippen molar-refractivity contribution in [2.24, 2.45) is 0 Å². The van der Waals surface area contributed by atoms with Crippen molar-refractivity contribution in [1.82, 2.24) is 10.2 Å². The van der Waals surface area contributed by atoms with E-state index in [1.165, 1.54) is 12.1 Å². The summed E-state index contributed by atoms with van der Waals surface area (Å²) in [6.07, 6.45) is -0.773. The van der Waals surface area contributed by atoms with Crippen molar-refractivity contribution in [2.75, 3.05) is 18.2 Å². The second-order valence-corrected chi connectivity index (χ2v) is 6.96. The SMILES string of the molecule is COc1ccc(NC(=O)c2cc(OC(C)c3c(Cl)ccc(F)c3Cl)c(N)nn2)cc1. The van der Waals surface area contributed by atoms with Gasteiger partial charge in [0.1, 0.15) is 17.7 Å². The maximum Gasteiger partial charge on any atom is 0.276 e. The van der Waals surface area contributed by atoms with E-state index >= 15 is 0 Å². The molecule has 1 aromatic heterocycles. The van der Waals surface area contributed by atoms with Gasteiger partial charge in [-0.1, -0.05) is 23.2 Å². The van der Waals surface area contributed by atoms with Crippen LogP contribution >= 0.6 is 23.2 Å². The van der Waals surface area contributed by atoms with Crippen LogP contribution in [-0.4, -0.2) is 23.2 Å². The number of aromatic nitrogens is 2. The molecule has 1 heterocycles. The molecule has 0 radical (unpaired) electrons. The lowest BCUT2D eigenvalue weighted by Crippen LogP contribution is -2.16. The van der Waals surface area contributed by atoms with Crippen molar-refractivity contribution < 1.29 is 18.7 Å². The molecular formula is C20H17Cl2FN4O3. The van der Waals surface area contributed by atoms with Crippen molar-refractivity contribution in [3.8, 4) is 11.5 Å². The molecule has 0 aliphatic carbocycles. The number of carbonyl (C=O) groups is 1. The summed E-state index contributed by atoms with van der Waals surface area (Å²) in [6, 6.07) is 10.6. The quantitative estimate of drug-likeness (QED) is 0.517. The standard InChI is InChI=1S/C20H17Cl2FN4O3/c1-10(17-13(21)7-8-14(23)18(17)22)30-16-9-15(26-27-19(16)24)20(28)25-11-3-5-12(29-2)6-4-11/h3-10H,1-2H3,(H2,24,27)(H,25,28). The summed E-state index contributed by atoms with van der Waals surface area (Å²) < 4.78 is 24.6. The van der Waals surface area contributed by atoms with Crippen LogP contribution in [0.25, 0.3) is 0 Å². The van der Waals surface area contributed by atoms with Crippen LogP contribution in [0.2, 0.25) is 10.0 Å². The van der Waals surface area contributed by atoms with Gasteiger partial charge in [0.25, 0.3) is 5.91 Å². The number of nitrogens with two attached hydrogens (primary N) is 1. The molecule has 10 heteroatoms. The highest BCUT2D eigenvalue weighted by atomic mass is 35.5. The van der Waals surface area contributed by atoms with Crippen molar-refractivity contribution in [3.05, 3.63) is 69.6 Å². The van der Waals surface area contributed by atoms with Crippen LogP contribution in [0.4, 0.5) is 15.9 Å². The number of anilines is 2. The van der Waals surface area contributed by atoms with Crippen LogP contribution in [0.3, 0.4) is 0 Å². The minimum atomic E-state index is -0.773. The summed E-state index contributed by atoms with van der Waals surface area (Å²) in [6.45, 7) is 1.61. The number of hydrogen-bond donors (Lipinski definition) is 2. The zero-order valence-corrected chi connectivity index (χ0v) is 17.5. The number of amides is 1. The van der Waals surface area contributed by atoms with E-state index in [1.54, 1.807) is 38.3 Å². The Balaban J connectivity index is 1.81. The zero-order valence-electron chi connectivity index (χ0n) is 15.9. The third-order valence-electron chi connectivity index (χ3n) is 4.16. The Kier molecular flexibility index (Phi) is 6.59. The Morgan fingerprint density at radius 1 is 1.17 bits per heavy atom. The predicted octanol–water partition coefficient (Wildman–Crippen LogP) is 4.91. The summed E-state index contributed by atoms with van der Waals surface area (Å²) in [5.74, 6) is -0.473. The van der Waals surface area contributed by atoms with Gasteiger partial charge in [-0.05, 0) is 43.3 Å². The van der Waals surface area contributed by atoms with Crippen LogP contribution in [0, 0.1) is 5.82 Å². The van der Waals surface area contributed by atoms with Gasteiger partial charge >= 0.3 is 0 Å². The summed E-state index contributed by atoms with van der Waals surface area (Å²) in [5, 5.41) is 10.3. The van der Waals surface area contributed by atoms with E-state index in [0.717, 1.165) is 6.07 Å². The molecule has 1 amide bonds. The Bertz CT molecular complexity index is 1080. The maximum atomic E-state index is 13.8. The zero-order chi connectivity index (χ0) is 21.8. The summed E-state index contributed by atoms with van der Waals surface area (Å²) in [7, 11) is 1.55. The number of nitrogens with zero attached hydrogens (tertiary/aromatic N) is 2. The Morgan fingerprint density at radius 3 is 2.53 bits per heavy atom. The first-order valence-corrected chi connectivity index (χ1v) is 9.44. The van der Waals surface area contributed by atoms with Gasteiger partial charge in [0.05, 0.1) is 12.1 Å². The first-order chi connectivity index (χ1) is 14.3. The molecule has 3 rings (SSSR count). The van der Waals surface area contributed by atoms with Crippen LogP contribution in [0.15, 0.2) is 42.5 Å². The molecule has 156 valence electrons. The fourth-order valence-electron chi connectivity index (χ4n) is 2.62. The number of hydrogen-bond acceptors (Lipinski definition) is 6. The summed E-state index contributed by atoms with van der Waals surface area (Å²) >= 11 is 12.2. The summed E-state index contributed by atoms with van der Waals surface area (Å²) in [4.78, 5) is 12.5. The van der Waals surface area contributed by atoms with Gasteiger partial charge in [-0.25, -0.2) is 4.39 Å².